The van der Waals surface area contributed by atoms with Crippen LogP contribution >= 0.6 is 0 Å². The van der Waals surface area contributed by atoms with Crippen LogP contribution < -0.4 is 19.7 Å². The Balaban J connectivity index is 1.52. The van der Waals surface area contributed by atoms with Gasteiger partial charge in [0.1, 0.15) is 18.1 Å². The average Bonchev–Trinajstić information content (AvgIpc) is 2.81. The molecule has 162 valence electrons. The molecule has 0 bridgehead atoms. The highest BCUT2D eigenvalue weighted by Crippen LogP contribution is 2.35. The third kappa shape index (κ3) is 4.78. The number of nitrogens with one attached hydrogen (secondary N) is 1. The van der Waals surface area contributed by atoms with E-state index in [2.05, 4.69) is 5.32 Å². The van der Waals surface area contributed by atoms with E-state index in [-0.39, 0.29) is 18.2 Å². The Bertz CT molecular complexity index is 1170. The third-order valence-electron chi connectivity index (χ3n) is 4.93. The first-order chi connectivity index (χ1) is 15.5. The molecule has 0 fully saturated rings. The van der Waals surface area contributed by atoms with E-state index in [9.17, 15) is 14.0 Å². The Kier molecular flexibility index (Phi) is 6.17. The van der Waals surface area contributed by atoms with Crippen molar-refractivity contribution in [3.8, 4) is 11.5 Å². The van der Waals surface area contributed by atoms with Gasteiger partial charge < -0.3 is 14.8 Å². The summed E-state index contributed by atoms with van der Waals surface area (Å²) in [6.45, 7) is 0.130. The lowest BCUT2D eigenvalue weighted by Crippen LogP contribution is -2.44. The second-order valence-electron chi connectivity index (χ2n) is 7.15. The molecule has 4 rings (SSSR count). The van der Waals surface area contributed by atoms with E-state index < -0.39 is 11.7 Å². The maximum Gasteiger partial charge on any atom is 0.294 e. The molecule has 2 amide bonds. The first-order valence-electron chi connectivity index (χ1n) is 9.99. The van der Waals surface area contributed by atoms with Crippen LogP contribution in [0.5, 0.6) is 11.5 Å². The van der Waals surface area contributed by atoms with E-state index in [4.69, 9.17) is 9.47 Å². The zero-order chi connectivity index (χ0) is 22.5. The van der Waals surface area contributed by atoms with Crippen LogP contribution in [0.25, 0.3) is 6.08 Å². The number of methoxy groups -OCH3 is 1. The van der Waals surface area contributed by atoms with Gasteiger partial charge in [0.25, 0.3) is 5.91 Å². The van der Waals surface area contributed by atoms with Gasteiger partial charge in [-0.2, -0.15) is 0 Å². The van der Waals surface area contributed by atoms with Gasteiger partial charge in [0.05, 0.1) is 12.8 Å². The maximum absolute atomic E-state index is 13.5. The molecule has 0 unspecified atom stereocenters. The van der Waals surface area contributed by atoms with Crippen molar-refractivity contribution in [1.29, 1.82) is 0 Å². The number of halogens is 1. The van der Waals surface area contributed by atoms with Crippen molar-refractivity contribution >= 4 is 23.6 Å². The van der Waals surface area contributed by atoms with E-state index in [1.807, 2.05) is 24.3 Å². The number of para-hydroxylation sites is 2. The van der Waals surface area contributed by atoms with Gasteiger partial charge in [-0.25, -0.2) is 4.39 Å². The van der Waals surface area contributed by atoms with Crippen LogP contribution in [0.2, 0.25) is 0 Å². The lowest BCUT2D eigenvalue weighted by Gasteiger charge is -2.30. The van der Waals surface area contributed by atoms with E-state index >= 15 is 0 Å². The molecule has 3 aromatic rings. The highest BCUT2D eigenvalue weighted by Gasteiger charge is 2.31. The van der Waals surface area contributed by atoms with Crippen LogP contribution in [0, 0.1) is 5.82 Å². The number of ether oxygens (including phenoxy) is 2. The third-order valence-corrected chi connectivity index (χ3v) is 4.93. The zero-order valence-electron chi connectivity index (χ0n) is 17.4. The van der Waals surface area contributed by atoms with Gasteiger partial charge in [-0.15, -0.1) is 0 Å². The van der Waals surface area contributed by atoms with Crippen molar-refractivity contribution in [1.82, 2.24) is 5.32 Å². The van der Waals surface area contributed by atoms with Crippen LogP contribution in [-0.2, 0) is 16.1 Å². The summed E-state index contributed by atoms with van der Waals surface area (Å²) in [5.41, 5.74) is 1.88. The molecule has 1 aliphatic rings. The van der Waals surface area contributed by atoms with Crippen molar-refractivity contribution in [2.75, 3.05) is 18.6 Å². The van der Waals surface area contributed by atoms with Gasteiger partial charge in [0, 0.05) is 6.54 Å². The van der Waals surface area contributed by atoms with Gasteiger partial charge in [-0.1, -0.05) is 36.4 Å². The van der Waals surface area contributed by atoms with E-state index in [0.717, 1.165) is 11.3 Å². The predicted molar refractivity (Wildman–Crippen MR) is 119 cm³/mol. The van der Waals surface area contributed by atoms with Crippen molar-refractivity contribution in [3.63, 3.8) is 0 Å². The molecule has 0 saturated carbocycles. The normalized spacial score (nSPS) is 14.0. The summed E-state index contributed by atoms with van der Waals surface area (Å²) < 4.78 is 24.4. The van der Waals surface area contributed by atoms with Crippen LogP contribution in [0.4, 0.5) is 10.1 Å². The first kappa shape index (κ1) is 21.1. The van der Waals surface area contributed by atoms with Crippen molar-refractivity contribution < 1.29 is 23.5 Å². The molecule has 1 aliphatic heterocycles. The molecule has 1 heterocycles. The van der Waals surface area contributed by atoms with Gasteiger partial charge in [-0.3, -0.25) is 14.5 Å². The van der Waals surface area contributed by atoms with Gasteiger partial charge in [0.15, 0.2) is 11.5 Å². The fourth-order valence-electron chi connectivity index (χ4n) is 3.31. The number of amides is 2. The topological polar surface area (TPSA) is 67.9 Å². The average molecular weight is 432 g/mol. The summed E-state index contributed by atoms with van der Waals surface area (Å²) in [5, 5.41) is 2.82. The second kappa shape index (κ2) is 9.34. The van der Waals surface area contributed by atoms with Gasteiger partial charge in [0.2, 0.25) is 5.91 Å². The lowest BCUT2D eigenvalue weighted by molar-refractivity contribution is -0.123. The molecular formula is C25H21FN2O4. The standard InChI is InChI=1S/C25H21FN2O4/c1-31-20-11-9-17(10-12-20)15-27-24(29)16-28-21-7-2-3-8-22(21)32-23(25(28)30)14-18-5-4-6-19(26)13-18/h2-14H,15-16H2,1H3,(H,27,29). The Morgan fingerprint density at radius 2 is 1.88 bits per heavy atom. The number of rotatable bonds is 6. The summed E-state index contributed by atoms with van der Waals surface area (Å²) in [6, 6.07) is 20.1. The number of fused-ring (bicyclic) bond motifs is 1. The SMILES string of the molecule is COc1ccc(CNC(=O)CN2C(=O)C(=Cc3cccc(F)c3)Oc3ccccc32)cc1. The fourth-order valence-corrected chi connectivity index (χ4v) is 3.31. The van der Waals surface area contributed by atoms with Crippen LogP contribution in [0.3, 0.4) is 0 Å². The largest absolute Gasteiger partial charge is 0.497 e. The summed E-state index contributed by atoms with van der Waals surface area (Å²) in [5.74, 6) is -0.0375. The lowest BCUT2D eigenvalue weighted by atomic mass is 10.1. The summed E-state index contributed by atoms with van der Waals surface area (Å²) in [4.78, 5) is 27.1. The minimum atomic E-state index is -0.479. The van der Waals surface area contributed by atoms with E-state index in [1.54, 1.807) is 43.5 Å². The van der Waals surface area contributed by atoms with Gasteiger partial charge >= 0.3 is 0 Å². The summed E-state index contributed by atoms with van der Waals surface area (Å²) in [6.07, 6.45) is 1.46. The molecule has 3 aromatic carbocycles. The molecule has 0 radical (unpaired) electrons. The molecule has 1 N–H and O–H groups in total. The minimum Gasteiger partial charge on any atom is -0.497 e. The first-order valence-corrected chi connectivity index (χ1v) is 9.99. The molecule has 0 saturated heterocycles. The Hall–Kier alpha value is -4.13. The smallest absolute Gasteiger partial charge is 0.294 e. The fraction of sp³-hybridized carbons (Fsp3) is 0.120. The van der Waals surface area contributed by atoms with Crippen molar-refractivity contribution in [2.24, 2.45) is 0 Å². The number of carbonyl (C=O) groups is 2. The minimum absolute atomic E-state index is 0.0113. The molecule has 0 aliphatic carbocycles. The predicted octanol–water partition coefficient (Wildman–Crippen LogP) is 3.92. The van der Waals surface area contributed by atoms with Crippen molar-refractivity contribution in [3.05, 3.63) is 95.5 Å². The van der Waals surface area contributed by atoms with Crippen LogP contribution in [0.1, 0.15) is 11.1 Å². The summed E-state index contributed by atoms with van der Waals surface area (Å²) in [7, 11) is 1.59. The number of hydrogen-bond donors (Lipinski definition) is 1. The Morgan fingerprint density at radius 1 is 1.09 bits per heavy atom. The molecule has 7 heteroatoms. The summed E-state index contributed by atoms with van der Waals surface area (Å²) >= 11 is 0. The number of hydrogen-bond acceptors (Lipinski definition) is 4. The van der Waals surface area contributed by atoms with E-state index in [1.165, 1.54) is 23.1 Å². The monoisotopic (exact) mass is 432 g/mol. The number of nitrogens with zero attached hydrogens (tertiary/aromatic N) is 1. The van der Waals surface area contributed by atoms with Crippen LogP contribution in [-0.4, -0.2) is 25.5 Å². The second-order valence-corrected chi connectivity index (χ2v) is 7.15. The maximum atomic E-state index is 13.5. The molecule has 0 aromatic heterocycles. The number of anilines is 1. The number of carbonyl (C=O) groups excluding carboxylic acids is 2. The highest BCUT2D eigenvalue weighted by molar-refractivity contribution is 6.12. The quantitative estimate of drug-likeness (QED) is 0.600. The number of benzene rings is 3. The molecule has 0 atom stereocenters. The van der Waals surface area contributed by atoms with Crippen LogP contribution in [0.15, 0.2) is 78.6 Å². The zero-order valence-corrected chi connectivity index (χ0v) is 17.4. The highest BCUT2D eigenvalue weighted by atomic mass is 19.1. The van der Waals surface area contributed by atoms with Gasteiger partial charge in [-0.05, 0) is 53.6 Å². The molecule has 6 nitrogen and oxygen atoms in total. The van der Waals surface area contributed by atoms with E-state index in [0.29, 0.717) is 23.5 Å². The Morgan fingerprint density at radius 3 is 2.62 bits per heavy atom. The van der Waals surface area contributed by atoms with Crippen molar-refractivity contribution in [2.45, 2.75) is 6.54 Å². The molecular weight excluding hydrogens is 411 g/mol. The molecule has 0 spiro atoms. The Labute approximate surface area is 184 Å². The molecule has 32 heavy (non-hydrogen) atoms.